The van der Waals surface area contributed by atoms with E-state index in [4.69, 9.17) is 21.1 Å². The molecule has 33 heavy (non-hydrogen) atoms. The number of benzene rings is 1. The molecule has 3 heterocycles. The van der Waals surface area contributed by atoms with Crippen molar-refractivity contribution < 1.29 is 14.3 Å². The van der Waals surface area contributed by atoms with Crippen LogP contribution < -0.4 is 5.32 Å². The summed E-state index contributed by atoms with van der Waals surface area (Å²) in [6.07, 6.45) is 8.13. The van der Waals surface area contributed by atoms with Crippen LogP contribution in [0.15, 0.2) is 48.8 Å². The molecule has 0 unspecified atom stereocenters. The van der Waals surface area contributed by atoms with E-state index >= 15 is 0 Å². The molecule has 1 saturated heterocycles. The van der Waals surface area contributed by atoms with Gasteiger partial charge in [0.25, 0.3) is 0 Å². The molecule has 1 amide bonds. The van der Waals surface area contributed by atoms with Gasteiger partial charge in [0, 0.05) is 53.2 Å². The maximum atomic E-state index is 12.8. The van der Waals surface area contributed by atoms with Crippen LogP contribution in [0.2, 0.25) is 5.02 Å². The van der Waals surface area contributed by atoms with E-state index in [1.54, 1.807) is 12.4 Å². The zero-order chi connectivity index (χ0) is 22.4. The summed E-state index contributed by atoms with van der Waals surface area (Å²) >= 11 is 6.67. The number of pyridine rings is 2. The van der Waals surface area contributed by atoms with Crippen LogP contribution in [0.4, 0.5) is 5.82 Å². The Hall–Kier alpha value is -2.54. The number of halogens is 1. The molecular formula is C26H26ClN3O3. The Balaban J connectivity index is 1.17. The highest BCUT2D eigenvalue weighted by atomic mass is 35.5. The van der Waals surface area contributed by atoms with Crippen molar-refractivity contribution in [3.05, 3.63) is 65.1 Å². The summed E-state index contributed by atoms with van der Waals surface area (Å²) in [5, 5.41) is 5.77. The lowest BCUT2D eigenvalue weighted by Gasteiger charge is -2.35. The van der Waals surface area contributed by atoms with E-state index < -0.39 is 0 Å². The van der Waals surface area contributed by atoms with E-state index in [1.165, 1.54) is 0 Å². The number of rotatable bonds is 4. The first-order chi connectivity index (χ1) is 16.1. The number of carbonyl (C=O) groups is 1. The molecule has 0 bridgehead atoms. The molecule has 1 N–H and O–H groups in total. The van der Waals surface area contributed by atoms with Gasteiger partial charge in [0.2, 0.25) is 5.91 Å². The van der Waals surface area contributed by atoms with E-state index in [-0.39, 0.29) is 23.5 Å². The van der Waals surface area contributed by atoms with Crippen molar-refractivity contribution in [2.75, 3.05) is 18.5 Å². The van der Waals surface area contributed by atoms with Crippen LogP contribution in [0.3, 0.4) is 0 Å². The Kier molecular flexibility index (Phi) is 5.32. The molecule has 3 fully saturated rings. The number of anilines is 1. The van der Waals surface area contributed by atoms with Crippen LogP contribution in [0.5, 0.6) is 0 Å². The fourth-order valence-corrected chi connectivity index (χ4v) is 5.67. The average Bonchev–Trinajstić information content (AvgIpc) is 3.53. The van der Waals surface area contributed by atoms with Gasteiger partial charge in [-0.2, -0.15) is 0 Å². The number of aromatic nitrogens is 2. The number of hydrogen-bond acceptors (Lipinski definition) is 5. The summed E-state index contributed by atoms with van der Waals surface area (Å²) < 4.78 is 11.7. The van der Waals surface area contributed by atoms with Gasteiger partial charge in [0.15, 0.2) is 5.79 Å². The summed E-state index contributed by atoms with van der Waals surface area (Å²) in [6, 6.07) is 11.9. The highest BCUT2D eigenvalue weighted by Gasteiger charge is 2.45. The molecule has 1 aliphatic heterocycles. The second-order valence-electron chi connectivity index (χ2n) is 9.36. The van der Waals surface area contributed by atoms with E-state index in [1.807, 2.05) is 30.3 Å². The van der Waals surface area contributed by atoms with Crippen LogP contribution in [0, 0.1) is 5.92 Å². The first kappa shape index (κ1) is 21.0. The molecule has 1 spiro atoms. The van der Waals surface area contributed by atoms with Crippen molar-refractivity contribution in [3.8, 4) is 0 Å². The van der Waals surface area contributed by atoms with E-state index in [9.17, 15) is 4.79 Å². The average molecular weight is 464 g/mol. The number of nitrogens with zero attached hydrogens (tertiary/aromatic N) is 2. The largest absolute Gasteiger partial charge is 0.348 e. The Morgan fingerprint density at radius 3 is 2.64 bits per heavy atom. The van der Waals surface area contributed by atoms with Crippen LogP contribution in [0.1, 0.15) is 55.2 Å². The highest BCUT2D eigenvalue weighted by Crippen LogP contribution is 2.47. The smallest absolute Gasteiger partial charge is 0.229 e. The van der Waals surface area contributed by atoms with E-state index in [0.29, 0.717) is 24.9 Å². The fourth-order valence-electron chi connectivity index (χ4n) is 5.34. The zero-order valence-electron chi connectivity index (χ0n) is 18.3. The topological polar surface area (TPSA) is 73.3 Å². The van der Waals surface area contributed by atoms with Gasteiger partial charge < -0.3 is 14.8 Å². The molecule has 7 heteroatoms. The van der Waals surface area contributed by atoms with Gasteiger partial charge in [-0.1, -0.05) is 17.7 Å². The van der Waals surface area contributed by atoms with Crippen molar-refractivity contribution in [2.45, 2.75) is 49.7 Å². The molecule has 2 atom stereocenters. The van der Waals surface area contributed by atoms with Crippen molar-refractivity contribution in [1.29, 1.82) is 0 Å². The molecule has 0 radical (unpaired) electrons. The Bertz CT molecular complexity index is 1190. The third-order valence-electron chi connectivity index (χ3n) is 7.28. The summed E-state index contributed by atoms with van der Waals surface area (Å²) in [7, 11) is 0. The molecule has 3 aromatic rings. The first-order valence-corrected chi connectivity index (χ1v) is 12.1. The van der Waals surface area contributed by atoms with Crippen LogP contribution in [-0.4, -0.2) is 34.9 Å². The van der Waals surface area contributed by atoms with Gasteiger partial charge in [-0.25, -0.2) is 4.98 Å². The maximum absolute atomic E-state index is 12.8. The molecule has 2 aliphatic carbocycles. The van der Waals surface area contributed by atoms with Crippen LogP contribution in [-0.2, 0) is 14.3 Å². The standard InChI is InChI=1S/C26H26ClN3O3/c27-22-12-18-15-29-24(30-25(31)21-14-20(21)23-3-1-2-8-28-23)13-17(18)11-19(22)16-4-6-26(7-5-16)32-9-10-33-26/h1-3,8,11-13,15-16,20-21H,4-7,9-10,14H2,(H,29,30,31)/t20-,21-/m1/s1. The van der Waals surface area contributed by atoms with Crippen molar-refractivity contribution in [2.24, 2.45) is 5.92 Å². The second-order valence-corrected chi connectivity index (χ2v) is 9.77. The minimum absolute atomic E-state index is 0.000771. The third kappa shape index (κ3) is 4.12. The summed E-state index contributed by atoms with van der Waals surface area (Å²) in [5.41, 5.74) is 2.13. The molecular weight excluding hydrogens is 438 g/mol. The van der Waals surface area contributed by atoms with Gasteiger partial charge in [-0.3, -0.25) is 9.78 Å². The maximum Gasteiger partial charge on any atom is 0.229 e. The molecule has 1 aromatic carbocycles. The van der Waals surface area contributed by atoms with Crippen molar-refractivity contribution in [3.63, 3.8) is 0 Å². The lowest BCUT2D eigenvalue weighted by molar-refractivity contribution is -0.178. The predicted molar refractivity (Wildman–Crippen MR) is 126 cm³/mol. The Morgan fingerprint density at radius 1 is 1.06 bits per heavy atom. The quantitative estimate of drug-likeness (QED) is 0.558. The lowest BCUT2D eigenvalue weighted by Crippen LogP contribution is -2.34. The SMILES string of the molecule is O=C(Nc1cc2cc(C3CCC4(CC3)OCCO4)c(Cl)cc2cn1)[C@@H]1C[C@H]1c1ccccn1. The minimum Gasteiger partial charge on any atom is -0.348 e. The summed E-state index contributed by atoms with van der Waals surface area (Å²) in [5.74, 6) is 0.713. The monoisotopic (exact) mass is 463 g/mol. The summed E-state index contributed by atoms with van der Waals surface area (Å²) in [4.78, 5) is 21.6. The van der Waals surface area contributed by atoms with E-state index in [0.717, 1.165) is 59.2 Å². The van der Waals surface area contributed by atoms with Crippen molar-refractivity contribution in [1.82, 2.24) is 9.97 Å². The molecule has 170 valence electrons. The van der Waals surface area contributed by atoms with Gasteiger partial charge in [-0.05, 0) is 66.5 Å². The number of ether oxygens (including phenoxy) is 2. The number of carbonyl (C=O) groups excluding carboxylic acids is 1. The molecule has 2 saturated carbocycles. The van der Waals surface area contributed by atoms with Crippen molar-refractivity contribution >= 4 is 34.1 Å². The molecule has 6 nitrogen and oxygen atoms in total. The minimum atomic E-state index is -0.378. The van der Waals surface area contributed by atoms with Gasteiger partial charge in [-0.15, -0.1) is 0 Å². The Labute approximate surface area is 197 Å². The number of hydrogen-bond donors (Lipinski definition) is 1. The first-order valence-electron chi connectivity index (χ1n) is 11.7. The Morgan fingerprint density at radius 2 is 1.88 bits per heavy atom. The second kappa shape index (κ2) is 8.35. The van der Waals surface area contributed by atoms with Crippen LogP contribution in [0.25, 0.3) is 10.8 Å². The fraction of sp³-hybridized carbons (Fsp3) is 0.423. The van der Waals surface area contributed by atoms with Crippen LogP contribution >= 0.6 is 11.6 Å². The van der Waals surface area contributed by atoms with Gasteiger partial charge in [0.05, 0.1) is 13.2 Å². The molecule has 6 rings (SSSR count). The molecule has 3 aliphatic rings. The lowest BCUT2D eigenvalue weighted by atomic mass is 9.80. The highest BCUT2D eigenvalue weighted by molar-refractivity contribution is 6.32. The number of fused-ring (bicyclic) bond motifs is 1. The predicted octanol–water partition coefficient (Wildman–Crippen LogP) is 5.43. The van der Waals surface area contributed by atoms with E-state index in [2.05, 4.69) is 21.4 Å². The number of amides is 1. The van der Waals surface area contributed by atoms with Gasteiger partial charge >= 0.3 is 0 Å². The third-order valence-corrected chi connectivity index (χ3v) is 7.61. The summed E-state index contributed by atoms with van der Waals surface area (Å²) in [6.45, 7) is 1.37. The number of nitrogens with one attached hydrogen (secondary N) is 1. The zero-order valence-corrected chi connectivity index (χ0v) is 19.1. The van der Waals surface area contributed by atoms with Gasteiger partial charge in [0.1, 0.15) is 5.82 Å². The normalized spacial score (nSPS) is 24.3. The molecule has 2 aromatic heterocycles.